The highest BCUT2D eigenvalue weighted by Crippen LogP contribution is 2.32. The van der Waals surface area contributed by atoms with E-state index in [0.29, 0.717) is 60.6 Å². The topological polar surface area (TPSA) is 135 Å². The lowest BCUT2D eigenvalue weighted by Crippen LogP contribution is -2.36. The van der Waals surface area contributed by atoms with Gasteiger partial charge in [-0.3, -0.25) is 19.4 Å². The molecule has 0 saturated carbocycles. The Morgan fingerprint density at radius 2 is 1.19 bits per heavy atom. The minimum Gasteiger partial charge on any atom is -0.368 e. The number of carbonyl (C=O) groups is 2. The predicted octanol–water partition coefficient (Wildman–Crippen LogP) is -0.293. The molecule has 0 aromatic carbocycles. The molecule has 4 heterocycles. The maximum absolute atomic E-state index is 12.3. The number of rotatable bonds is 4. The summed E-state index contributed by atoms with van der Waals surface area (Å²) in [5.41, 5.74) is 0.745. The standard InChI is InChI=1S/C20H28N8O4/c1-11(29)27(3)19-15-16(24-17(25-19)13-9-21-5-7-31-13)20(28(4)12(2)30)26-18(23-15)14-10-22-6-8-32-14/h13-14,21-22H,5-10H2,1-4H3. The number of nitrogens with one attached hydrogen (secondary N) is 2. The Balaban J connectivity index is 1.96. The molecule has 0 bridgehead atoms. The second-order valence-corrected chi connectivity index (χ2v) is 7.79. The molecule has 2 saturated heterocycles. The molecule has 0 aliphatic carbocycles. The molecule has 12 nitrogen and oxygen atoms in total. The first-order valence-electron chi connectivity index (χ1n) is 10.6. The van der Waals surface area contributed by atoms with Gasteiger partial charge in [-0.2, -0.15) is 0 Å². The second kappa shape index (κ2) is 9.36. The first-order valence-corrected chi connectivity index (χ1v) is 10.6. The molecule has 2 unspecified atom stereocenters. The number of hydrogen-bond acceptors (Lipinski definition) is 10. The van der Waals surface area contributed by atoms with Gasteiger partial charge in [-0.1, -0.05) is 0 Å². The summed E-state index contributed by atoms with van der Waals surface area (Å²) in [6.45, 7) is 6.49. The van der Waals surface area contributed by atoms with Gasteiger partial charge in [0.15, 0.2) is 23.3 Å². The van der Waals surface area contributed by atoms with E-state index in [9.17, 15) is 9.59 Å². The van der Waals surface area contributed by atoms with Crippen LogP contribution in [-0.4, -0.2) is 85.2 Å². The number of fused-ring (bicyclic) bond motifs is 1. The Morgan fingerprint density at radius 3 is 1.50 bits per heavy atom. The van der Waals surface area contributed by atoms with Crippen molar-refractivity contribution in [3.05, 3.63) is 11.6 Å². The van der Waals surface area contributed by atoms with Crippen molar-refractivity contribution in [1.29, 1.82) is 0 Å². The van der Waals surface area contributed by atoms with Gasteiger partial charge < -0.3 is 20.1 Å². The van der Waals surface area contributed by atoms with Crippen molar-refractivity contribution in [1.82, 2.24) is 30.6 Å². The number of hydrogen-bond donors (Lipinski definition) is 2. The van der Waals surface area contributed by atoms with E-state index in [1.165, 1.54) is 23.6 Å². The summed E-state index contributed by atoms with van der Waals surface area (Å²) >= 11 is 0. The van der Waals surface area contributed by atoms with Gasteiger partial charge in [0.25, 0.3) is 0 Å². The van der Waals surface area contributed by atoms with Crippen LogP contribution in [0.15, 0.2) is 0 Å². The van der Waals surface area contributed by atoms with E-state index >= 15 is 0 Å². The molecule has 2 aliphatic rings. The Hall–Kier alpha value is -2.80. The van der Waals surface area contributed by atoms with Crippen LogP contribution in [0.1, 0.15) is 37.7 Å². The minimum absolute atomic E-state index is 0.212. The van der Waals surface area contributed by atoms with E-state index in [1.54, 1.807) is 14.1 Å². The van der Waals surface area contributed by atoms with Crippen molar-refractivity contribution in [2.75, 3.05) is 63.3 Å². The smallest absolute Gasteiger partial charge is 0.224 e. The molecule has 4 rings (SSSR count). The molecule has 2 aromatic rings. The summed E-state index contributed by atoms with van der Waals surface area (Å²) in [7, 11) is 3.26. The number of nitrogens with zero attached hydrogens (tertiary/aromatic N) is 6. The predicted molar refractivity (Wildman–Crippen MR) is 116 cm³/mol. The zero-order chi connectivity index (χ0) is 22.8. The summed E-state index contributed by atoms with van der Waals surface area (Å²) in [6.07, 6.45) is -0.790. The SMILES string of the molecule is CC(=O)N(C)c1nc(C2CNCCO2)nc2c(N(C)C(C)=O)nc(C3CNCCO3)nc12. The third kappa shape index (κ3) is 4.39. The van der Waals surface area contributed by atoms with Crippen LogP contribution in [0.25, 0.3) is 11.0 Å². The van der Waals surface area contributed by atoms with Crippen molar-refractivity contribution < 1.29 is 19.1 Å². The molecule has 2 aromatic heterocycles. The highest BCUT2D eigenvalue weighted by atomic mass is 16.5. The molecule has 0 radical (unpaired) electrons. The van der Waals surface area contributed by atoms with Gasteiger partial charge in [-0.15, -0.1) is 0 Å². The number of morpholine rings is 2. The van der Waals surface area contributed by atoms with Crippen LogP contribution < -0.4 is 20.4 Å². The van der Waals surface area contributed by atoms with E-state index in [4.69, 9.17) is 19.4 Å². The first-order chi connectivity index (χ1) is 15.4. The lowest BCUT2D eigenvalue weighted by molar-refractivity contribution is -0.117. The molecule has 12 heteroatoms. The number of aromatic nitrogens is 4. The van der Waals surface area contributed by atoms with Gasteiger partial charge in [-0.25, -0.2) is 19.9 Å². The largest absolute Gasteiger partial charge is 0.368 e. The average Bonchev–Trinajstić information content (AvgIpc) is 2.82. The summed E-state index contributed by atoms with van der Waals surface area (Å²) in [5, 5.41) is 6.51. The summed E-state index contributed by atoms with van der Waals surface area (Å²) < 4.78 is 11.7. The summed E-state index contributed by atoms with van der Waals surface area (Å²) in [4.78, 5) is 46.1. The Morgan fingerprint density at radius 1 is 0.781 bits per heavy atom. The van der Waals surface area contributed by atoms with Crippen LogP contribution in [0.5, 0.6) is 0 Å². The van der Waals surface area contributed by atoms with Crippen molar-refractivity contribution in [2.45, 2.75) is 26.1 Å². The van der Waals surface area contributed by atoms with Crippen LogP contribution in [0.3, 0.4) is 0 Å². The maximum atomic E-state index is 12.3. The van der Waals surface area contributed by atoms with E-state index in [0.717, 1.165) is 13.1 Å². The molecule has 2 aliphatic heterocycles. The Kier molecular flexibility index (Phi) is 6.55. The summed E-state index contributed by atoms with van der Waals surface area (Å²) in [5.74, 6) is 1.04. The Labute approximate surface area is 185 Å². The highest BCUT2D eigenvalue weighted by Gasteiger charge is 2.29. The van der Waals surface area contributed by atoms with E-state index in [-0.39, 0.29) is 11.8 Å². The van der Waals surface area contributed by atoms with Gasteiger partial charge in [0.05, 0.1) is 13.2 Å². The molecule has 2 atom stereocenters. The minimum atomic E-state index is -0.395. The quantitative estimate of drug-likeness (QED) is 0.647. The van der Waals surface area contributed by atoms with E-state index in [2.05, 4.69) is 20.6 Å². The van der Waals surface area contributed by atoms with Gasteiger partial charge in [-0.05, 0) is 0 Å². The fraction of sp³-hybridized carbons (Fsp3) is 0.600. The Bertz CT molecular complexity index is 939. The van der Waals surface area contributed by atoms with Crippen LogP contribution in [0.2, 0.25) is 0 Å². The monoisotopic (exact) mass is 444 g/mol. The number of ether oxygens (including phenoxy) is 2. The average molecular weight is 444 g/mol. The molecule has 32 heavy (non-hydrogen) atoms. The lowest BCUT2D eigenvalue weighted by atomic mass is 10.2. The zero-order valence-electron chi connectivity index (χ0n) is 18.7. The fourth-order valence-electron chi connectivity index (χ4n) is 3.54. The molecular formula is C20H28N8O4. The van der Waals surface area contributed by atoms with Crippen molar-refractivity contribution in [2.24, 2.45) is 0 Å². The van der Waals surface area contributed by atoms with Gasteiger partial charge in [0, 0.05) is 54.1 Å². The highest BCUT2D eigenvalue weighted by molar-refractivity contribution is 6.04. The molecule has 2 N–H and O–H groups in total. The molecule has 172 valence electrons. The van der Waals surface area contributed by atoms with Crippen molar-refractivity contribution >= 4 is 34.5 Å². The third-order valence-electron chi connectivity index (χ3n) is 5.55. The first kappa shape index (κ1) is 22.4. The van der Waals surface area contributed by atoms with Gasteiger partial charge >= 0.3 is 0 Å². The van der Waals surface area contributed by atoms with Crippen LogP contribution >= 0.6 is 0 Å². The van der Waals surface area contributed by atoms with Crippen LogP contribution in [-0.2, 0) is 19.1 Å². The van der Waals surface area contributed by atoms with E-state index in [1.807, 2.05) is 0 Å². The number of amides is 2. The molecular weight excluding hydrogens is 416 g/mol. The van der Waals surface area contributed by atoms with Crippen LogP contribution in [0.4, 0.5) is 11.6 Å². The number of anilines is 2. The van der Waals surface area contributed by atoms with Crippen molar-refractivity contribution in [3.8, 4) is 0 Å². The number of carbonyl (C=O) groups excluding carboxylic acids is 2. The molecule has 2 amide bonds. The zero-order valence-corrected chi connectivity index (χ0v) is 18.7. The molecule has 2 fully saturated rings. The van der Waals surface area contributed by atoms with Gasteiger partial charge in [0.2, 0.25) is 11.8 Å². The van der Waals surface area contributed by atoms with Gasteiger partial charge in [0.1, 0.15) is 23.2 Å². The normalized spacial score (nSPS) is 21.4. The lowest BCUT2D eigenvalue weighted by Gasteiger charge is -2.27. The van der Waals surface area contributed by atoms with Crippen LogP contribution in [0, 0.1) is 0 Å². The third-order valence-corrected chi connectivity index (χ3v) is 5.55. The molecule has 0 spiro atoms. The summed E-state index contributed by atoms with van der Waals surface area (Å²) in [6, 6.07) is 0. The van der Waals surface area contributed by atoms with E-state index < -0.39 is 12.2 Å². The van der Waals surface area contributed by atoms with Crippen molar-refractivity contribution in [3.63, 3.8) is 0 Å². The second-order valence-electron chi connectivity index (χ2n) is 7.79. The fourth-order valence-corrected chi connectivity index (χ4v) is 3.54. The maximum Gasteiger partial charge on any atom is 0.224 e.